The van der Waals surface area contributed by atoms with Crippen LogP contribution in [0.1, 0.15) is 19.3 Å². The summed E-state index contributed by atoms with van der Waals surface area (Å²) < 4.78 is 0. The quantitative estimate of drug-likeness (QED) is 0.556. The molecule has 0 radical (unpaired) electrons. The van der Waals surface area contributed by atoms with Crippen LogP contribution in [-0.2, 0) is 4.79 Å². The lowest BCUT2D eigenvalue weighted by Crippen LogP contribution is -2.28. The summed E-state index contributed by atoms with van der Waals surface area (Å²) in [6.07, 6.45) is 2.94. The molecule has 0 aromatic carbocycles. The lowest BCUT2D eigenvalue weighted by molar-refractivity contribution is -0.120. The van der Waals surface area contributed by atoms with Crippen LogP contribution in [0, 0.1) is 11.3 Å². The zero-order valence-corrected chi connectivity index (χ0v) is 6.97. The summed E-state index contributed by atoms with van der Waals surface area (Å²) in [4.78, 5) is 10.9. The highest BCUT2D eigenvalue weighted by molar-refractivity contribution is 5.76. The monoisotopic (exact) mass is 167 g/mol. The number of carbonyl (C=O) groups excluding carboxylic acids is 1. The van der Waals surface area contributed by atoms with E-state index in [1.807, 2.05) is 6.07 Å². The highest BCUT2D eigenvalue weighted by Gasteiger charge is 2.19. The number of nitrogens with one attached hydrogen (secondary N) is 2. The van der Waals surface area contributed by atoms with Gasteiger partial charge >= 0.3 is 0 Å². The highest BCUT2D eigenvalue weighted by Crippen LogP contribution is 2.18. The van der Waals surface area contributed by atoms with Crippen LogP contribution in [0.2, 0.25) is 0 Å². The summed E-state index contributed by atoms with van der Waals surface area (Å²) in [5.41, 5.74) is 0. The molecule has 0 bridgehead atoms. The molecule has 12 heavy (non-hydrogen) atoms. The fraction of sp³-hybridized carbons (Fsp3) is 0.750. The van der Waals surface area contributed by atoms with E-state index in [0.29, 0.717) is 12.5 Å². The molecule has 1 fully saturated rings. The molecule has 4 nitrogen and oxygen atoms in total. The molecule has 0 aromatic heterocycles. The molecule has 0 saturated heterocycles. The van der Waals surface area contributed by atoms with E-state index in [4.69, 9.17) is 5.26 Å². The van der Waals surface area contributed by atoms with Gasteiger partial charge in [0, 0.05) is 19.0 Å². The van der Waals surface area contributed by atoms with Crippen LogP contribution in [0.25, 0.3) is 0 Å². The first-order valence-electron chi connectivity index (χ1n) is 4.20. The van der Waals surface area contributed by atoms with Crippen molar-refractivity contribution >= 4 is 5.91 Å². The van der Waals surface area contributed by atoms with Crippen molar-refractivity contribution in [1.82, 2.24) is 10.6 Å². The zero-order valence-electron chi connectivity index (χ0n) is 6.97. The number of hydrogen-bond acceptors (Lipinski definition) is 3. The summed E-state index contributed by atoms with van der Waals surface area (Å²) in [6, 6.07) is 2.50. The van der Waals surface area contributed by atoms with E-state index in [-0.39, 0.29) is 12.5 Å². The molecule has 66 valence electrons. The zero-order chi connectivity index (χ0) is 8.81. The van der Waals surface area contributed by atoms with Gasteiger partial charge in [-0.1, -0.05) is 0 Å². The Balaban J connectivity index is 1.90. The van der Waals surface area contributed by atoms with E-state index in [1.165, 1.54) is 12.8 Å². The first kappa shape index (κ1) is 9.01. The fourth-order valence-electron chi connectivity index (χ4n) is 0.904. The third kappa shape index (κ3) is 3.94. The average molecular weight is 167 g/mol. The van der Waals surface area contributed by atoms with Crippen LogP contribution in [-0.4, -0.2) is 25.0 Å². The summed E-state index contributed by atoms with van der Waals surface area (Å²) in [6.45, 7) is 0.837. The van der Waals surface area contributed by atoms with Crippen LogP contribution < -0.4 is 10.6 Å². The molecule has 1 saturated carbocycles. The fourth-order valence-corrected chi connectivity index (χ4v) is 0.904. The summed E-state index contributed by atoms with van der Waals surface area (Å²) >= 11 is 0. The van der Waals surface area contributed by atoms with Crippen LogP contribution in [0.3, 0.4) is 0 Å². The Morgan fingerprint density at radius 2 is 2.33 bits per heavy atom. The van der Waals surface area contributed by atoms with Crippen molar-refractivity contribution < 1.29 is 4.79 Å². The van der Waals surface area contributed by atoms with Gasteiger partial charge in [0.15, 0.2) is 0 Å². The highest BCUT2D eigenvalue weighted by atomic mass is 16.1. The summed E-state index contributed by atoms with van der Waals surface area (Å²) in [7, 11) is 0. The second-order valence-corrected chi connectivity index (χ2v) is 2.91. The Labute approximate surface area is 71.9 Å². The van der Waals surface area contributed by atoms with Gasteiger partial charge in [-0.25, -0.2) is 0 Å². The van der Waals surface area contributed by atoms with Crippen molar-refractivity contribution in [3.05, 3.63) is 0 Å². The van der Waals surface area contributed by atoms with Gasteiger partial charge in [0.2, 0.25) is 5.91 Å². The van der Waals surface area contributed by atoms with Gasteiger partial charge in [-0.15, -0.1) is 0 Å². The van der Waals surface area contributed by atoms with Crippen LogP contribution in [0.4, 0.5) is 0 Å². The van der Waals surface area contributed by atoms with Crippen molar-refractivity contribution in [2.24, 2.45) is 0 Å². The molecule has 0 atom stereocenters. The minimum absolute atomic E-state index is 0.0512. The van der Waals surface area contributed by atoms with Gasteiger partial charge in [0.05, 0.1) is 6.07 Å². The molecule has 1 rings (SSSR count). The van der Waals surface area contributed by atoms with E-state index >= 15 is 0 Å². The van der Waals surface area contributed by atoms with E-state index in [0.717, 1.165) is 6.54 Å². The summed E-state index contributed by atoms with van der Waals surface area (Å²) in [5.74, 6) is -0.0512. The topological polar surface area (TPSA) is 64.9 Å². The van der Waals surface area contributed by atoms with Crippen molar-refractivity contribution in [2.45, 2.75) is 25.3 Å². The number of rotatable bonds is 5. The van der Waals surface area contributed by atoms with E-state index in [9.17, 15) is 4.79 Å². The number of amides is 1. The lowest BCUT2D eigenvalue weighted by atomic mass is 10.4. The standard InChI is InChI=1S/C8H13N3O/c9-4-6-11-8(12)3-5-10-7-1-2-7/h7,10H,1-3,5-6H2,(H,11,12). The van der Waals surface area contributed by atoms with Gasteiger partial charge in [0.1, 0.15) is 6.54 Å². The van der Waals surface area contributed by atoms with E-state index < -0.39 is 0 Å². The molecule has 1 aliphatic rings. The minimum Gasteiger partial charge on any atom is -0.343 e. The molecule has 1 aliphatic carbocycles. The molecule has 4 heteroatoms. The minimum atomic E-state index is -0.0512. The number of nitrogens with zero attached hydrogens (tertiary/aromatic N) is 1. The second-order valence-electron chi connectivity index (χ2n) is 2.91. The largest absolute Gasteiger partial charge is 0.343 e. The number of carbonyl (C=O) groups is 1. The predicted molar refractivity (Wildman–Crippen MR) is 44.3 cm³/mol. The first-order chi connectivity index (χ1) is 5.83. The maximum Gasteiger partial charge on any atom is 0.222 e. The van der Waals surface area contributed by atoms with Crippen LogP contribution in [0.5, 0.6) is 0 Å². The van der Waals surface area contributed by atoms with Gasteiger partial charge < -0.3 is 10.6 Å². The normalized spacial score (nSPS) is 15.2. The third-order valence-corrected chi connectivity index (χ3v) is 1.73. The maximum absolute atomic E-state index is 10.9. The molecular formula is C8H13N3O. The molecule has 0 aromatic rings. The van der Waals surface area contributed by atoms with Crippen molar-refractivity contribution in [3.8, 4) is 6.07 Å². The van der Waals surface area contributed by atoms with E-state index in [2.05, 4.69) is 10.6 Å². The number of nitriles is 1. The Morgan fingerprint density at radius 1 is 1.58 bits per heavy atom. The Hall–Kier alpha value is -1.08. The average Bonchev–Trinajstić information content (AvgIpc) is 2.84. The SMILES string of the molecule is N#CCNC(=O)CCNC1CC1. The van der Waals surface area contributed by atoms with Crippen molar-refractivity contribution in [1.29, 1.82) is 5.26 Å². The summed E-state index contributed by atoms with van der Waals surface area (Å²) in [5, 5.41) is 13.9. The Morgan fingerprint density at radius 3 is 2.92 bits per heavy atom. The third-order valence-electron chi connectivity index (χ3n) is 1.73. The van der Waals surface area contributed by atoms with Crippen molar-refractivity contribution in [2.75, 3.05) is 13.1 Å². The van der Waals surface area contributed by atoms with Gasteiger partial charge in [0.25, 0.3) is 0 Å². The van der Waals surface area contributed by atoms with Crippen LogP contribution >= 0.6 is 0 Å². The first-order valence-corrected chi connectivity index (χ1v) is 4.20. The lowest BCUT2D eigenvalue weighted by Gasteiger charge is -2.01. The molecule has 0 aliphatic heterocycles. The molecule has 0 unspecified atom stereocenters. The molecule has 0 spiro atoms. The molecule has 0 heterocycles. The smallest absolute Gasteiger partial charge is 0.222 e. The second kappa shape index (κ2) is 4.73. The molecule has 1 amide bonds. The Bertz CT molecular complexity index is 193. The van der Waals surface area contributed by atoms with Crippen LogP contribution in [0.15, 0.2) is 0 Å². The van der Waals surface area contributed by atoms with Gasteiger partial charge in [-0.05, 0) is 12.8 Å². The predicted octanol–water partition coefficient (Wildman–Crippen LogP) is -0.232. The Kier molecular flexibility index (Phi) is 3.55. The molecule has 2 N–H and O–H groups in total. The van der Waals surface area contributed by atoms with Gasteiger partial charge in [-0.3, -0.25) is 4.79 Å². The van der Waals surface area contributed by atoms with Crippen molar-refractivity contribution in [3.63, 3.8) is 0 Å². The number of hydrogen-bond donors (Lipinski definition) is 2. The molecular weight excluding hydrogens is 154 g/mol. The maximum atomic E-state index is 10.9. The van der Waals surface area contributed by atoms with E-state index in [1.54, 1.807) is 0 Å². The van der Waals surface area contributed by atoms with Gasteiger partial charge in [-0.2, -0.15) is 5.26 Å².